The first-order valence-corrected chi connectivity index (χ1v) is 14.3. The lowest BCUT2D eigenvalue weighted by Gasteiger charge is -2.29. The normalized spacial score (nSPS) is 13.6. The fourth-order valence-corrected chi connectivity index (χ4v) is 7.01. The van der Waals surface area contributed by atoms with Crippen LogP contribution in [0.2, 0.25) is 0 Å². The highest BCUT2D eigenvalue weighted by atomic mass is 16.5. The first kappa shape index (κ1) is 25.5. The van der Waals surface area contributed by atoms with Crippen LogP contribution in [0.15, 0.2) is 91.1 Å². The lowest BCUT2D eigenvalue weighted by molar-refractivity contribution is 0.487. The Labute approximate surface area is 243 Å². The SMILES string of the molecule is Cc1cccc(C)c1B1c2ccccc2Oc2ccc(-c3cc4c(cn3)N(C)B(c3c(C)cccc3C)N4C)cc21. The number of ether oxygens (including phenoxy) is 1. The van der Waals surface area contributed by atoms with Gasteiger partial charge in [0, 0.05) is 0 Å². The molecule has 200 valence electrons. The molecule has 0 atom stereocenters. The molecule has 4 nitrogen and oxygen atoms in total. The van der Waals surface area contributed by atoms with Gasteiger partial charge in [-0.05, 0) is 88.0 Å². The molecule has 0 N–H and O–H groups in total. The molecule has 0 aliphatic carbocycles. The first-order valence-electron chi connectivity index (χ1n) is 14.3. The summed E-state index contributed by atoms with van der Waals surface area (Å²) in [4.78, 5) is 9.72. The minimum Gasteiger partial charge on any atom is -0.458 e. The molecule has 41 heavy (non-hydrogen) atoms. The van der Waals surface area contributed by atoms with Crippen molar-refractivity contribution in [3.8, 4) is 22.8 Å². The quantitative estimate of drug-likeness (QED) is 0.303. The van der Waals surface area contributed by atoms with E-state index in [1.54, 1.807) is 0 Å². The molecule has 0 fully saturated rings. The Balaban J connectivity index is 1.34. The van der Waals surface area contributed by atoms with Crippen LogP contribution in [-0.4, -0.2) is 32.8 Å². The van der Waals surface area contributed by atoms with E-state index in [0.717, 1.165) is 28.4 Å². The van der Waals surface area contributed by atoms with Gasteiger partial charge in [0.05, 0.1) is 23.3 Å². The predicted molar refractivity (Wildman–Crippen MR) is 175 cm³/mol. The van der Waals surface area contributed by atoms with Crippen LogP contribution in [0.5, 0.6) is 11.5 Å². The van der Waals surface area contributed by atoms with Crippen molar-refractivity contribution in [3.05, 3.63) is 113 Å². The van der Waals surface area contributed by atoms with Gasteiger partial charge in [-0.1, -0.05) is 88.4 Å². The maximum Gasteiger partial charge on any atom is 0.411 e. The fourth-order valence-electron chi connectivity index (χ4n) is 7.01. The van der Waals surface area contributed by atoms with Gasteiger partial charge in [0.25, 0.3) is 6.71 Å². The number of benzene rings is 4. The van der Waals surface area contributed by atoms with E-state index >= 15 is 0 Å². The zero-order chi connectivity index (χ0) is 28.4. The molecule has 0 amide bonds. The predicted octanol–water partition coefficient (Wildman–Crippen LogP) is 4.89. The molecule has 0 saturated heterocycles. The molecule has 6 heteroatoms. The number of anilines is 2. The highest BCUT2D eigenvalue weighted by Crippen LogP contribution is 2.38. The number of aromatic nitrogens is 1. The molecule has 0 saturated carbocycles. The highest BCUT2D eigenvalue weighted by molar-refractivity contribution is 6.97. The Morgan fingerprint density at radius 3 is 1.93 bits per heavy atom. The second-order valence-corrected chi connectivity index (χ2v) is 11.6. The number of aryl methyl sites for hydroxylation is 4. The summed E-state index contributed by atoms with van der Waals surface area (Å²) in [6, 6.07) is 30.3. The minimum atomic E-state index is 0.0905. The van der Waals surface area contributed by atoms with Crippen LogP contribution in [0.3, 0.4) is 0 Å². The number of fused-ring (bicyclic) bond motifs is 3. The molecule has 0 spiro atoms. The van der Waals surface area contributed by atoms with E-state index in [1.807, 2.05) is 12.3 Å². The van der Waals surface area contributed by atoms with Gasteiger partial charge in [-0.15, -0.1) is 0 Å². The topological polar surface area (TPSA) is 28.6 Å². The van der Waals surface area contributed by atoms with E-state index in [-0.39, 0.29) is 13.7 Å². The van der Waals surface area contributed by atoms with E-state index in [1.165, 1.54) is 49.8 Å². The summed E-state index contributed by atoms with van der Waals surface area (Å²) in [6.07, 6.45) is 2.03. The van der Waals surface area contributed by atoms with Crippen molar-refractivity contribution in [1.29, 1.82) is 0 Å². The summed E-state index contributed by atoms with van der Waals surface area (Å²) in [5.74, 6) is 1.84. The zero-order valence-electron chi connectivity index (χ0n) is 24.6. The Kier molecular flexibility index (Phi) is 5.97. The van der Waals surface area contributed by atoms with Crippen molar-refractivity contribution in [3.63, 3.8) is 0 Å². The summed E-state index contributed by atoms with van der Waals surface area (Å²) in [7, 11) is 4.36. The molecule has 2 aliphatic rings. The number of nitrogens with zero attached hydrogens (tertiary/aromatic N) is 3. The van der Waals surface area contributed by atoms with Gasteiger partial charge in [-0.25, -0.2) is 0 Å². The van der Waals surface area contributed by atoms with Gasteiger partial charge in [0.15, 0.2) is 0 Å². The lowest BCUT2D eigenvalue weighted by Crippen LogP contribution is -2.56. The molecular weight excluding hydrogens is 500 g/mol. The summed E-state index contributed by atoms with van der Waals surface area (Å²) in [5.41, 5.74) is 14.7. The summed E-state index contributed by atoms with van der Waals surface area (Å²) in [6.45, 7) is 9.06. The van der Waals surface area contributed by atoms with Crippen LogP contribution in [0.25, 0.3) is 11.3 Å². The number of rotatable bonds is 3. The van der Waals surface area contributed by atoms with Crippen LogP contribution in [0.1, 0.15) is 22.3 Å². The summed E-state index contributed by atoms with van der Waals surface area (Å²) in [5, 5.41) is 0. The molecule has 0 radical (unpaired) electrons. The van der Waals surface area contributed by atoms with Crippen molar-refractivity contribution >= 4 is 46.9 Å². The average molecular weight is 533 g/mol. The summed E-state index contributed by atoms with van der Waals surface area (Å²) < 4.78 is 6.46. The van der Waals surface area contributed by atoms with Crippen LogP contribution in [0, 0.1) is 27.7 Å². The third-order valence-electron chi connectivity index (χ3n) is 9.05. The van der Waals surface area contributed by atoms with Gasteiger partial charge in [-0.2, -0.15) is 0 Å². The highest BCUT2D eigenvalue weighted by Gasteiger charge is 2.40. The fraction of sp³-hybridized carbons (Fsp3) is 0.171. The molecular formula is C35H33B2N3O. The van der Waals surface area contributed by atoms with Crippen LogP contribution < -0.4 is 36.2 Å². The van der Waals surface area contributed by atoms with E-state index in [2.05, 4.69) is 130 Å². The molecule has 2 aliphatic heterocycles. The molecule has 1 aromatic heterocycles. The van der Waals surface area contributed by atoms with E-state index < -0.39 is 0 Å². The molecule has 0 bridgehead atoms. The largest absolute Gasteiger partial charge is 0.458 e. The Morgan fingerprint density at radius 1 is 0.610 bits per heavy atom. The van der Waals surface area contributed by atoms with Crippen LogP contribution in [0.4, 0.5) is 11.4 Å². The molecule has 4 aromatic carbocycles. The Morgan fingerprint density at radius 2 is 1.22 bits per heavy atom. The van der Waals surface area contributed by atoms with Crippen molar-refractivity contribution in [1.82, 2.24) is 4.98 Å². The maximum atomic E-state index is 6.46. The van der Waals surface area contributed by atoms with Crippen molar-refractivity contribution < 1.29 is 4.74 Å². The van der Waals surface area contributed by atoms with Crippen molar-refractivity contribution in [2.24, 2.45) is 0 Å². The third-order valence-corrected chi connectivity index (χ3v) is 9.05. The van der Waals surface area contributed by atoms with Gasteiger partial charge in [0.2, 0.25) is 0 Å². The average Bonchev–Trinajstić information content (AvgIpc) is 3.21. The Hall–Kier alpha value is -4.44. The van der Waals surface area contributed by atoms with Crippen LogP contribution in [-0.2, 0) is 0 Å². The van der Waals surface area contributed by atoms with E-state index in [9.17, 15) is 0 Å². The molecule has 7 rings (SSSR count). The second kappa shape index (κ2) is 9.59. The van der Waals surface area contributed by atoms with E-state index in [0.29, 0.717) is 0 Å². The standard InChI is InChI=1S/C35H33B2N3O/c1-22-11-9-12-23(2)34(22)36-27-15-7-8-16-32(27)41-33-18-17-26(19-28(33)36)29-20-30-31(21-38-29)40(6)37(39(30)5)35-24(3)13-10-14-25(35)4/h7-21H,1-6H3. The smallest absolute Gasteiger partial charge is 0.411 e. The number of para-hydroxylation sites is 1. The lowest BCUT2D eigenvalue weighted by atomic mass is 9.34. The van der Waals surface area contributed by atoms with Gasteiger partial charge >= 0.3 is 6.98 Å². The molecule has 5 aromatic rings. The minimum absolute atomic E-state index is 0.0905. The van der Waals surface area contributed by atoms with Crippen molar-refractivity contribution in [2.75, 3.05) is 23.7 Å². The second-order valence-electron chi connectivity index (χ2n) is 11.6. The van der Waals surface area contributed by atoms with Gasteiger partial charge in [-0.3, -0.25) is 4.98 Å². The maximum absolute atomic E-state index is 6.46. The van der Waals surface area contributed by atoms with Gasteiger partial charge in [0.1, 0.15) is 11.5 Å². The number of hydrogen-bond donors (Lipinski definition) is 0. The number of hydrogen-bond acceptors (Lipinski definition) is 4. The number of pyridine rings is 1. The van der Waals surface area contributed by atoms with Gasteiger partial charge < -0.3 is 14.4 Å². The van der Waals surface area contributed by atoms with Crippen LogP contribution >= 0.6 is 0 Å². The third kappa shape index (κ3) is 3.96. The van der Waals surface area contributed by atoms with Crippen molar-refractivity contribution in [2.45, 2.75) is 27.7 Å². The van der Waals surface area contributed by atoms with E-state index in [4.69, 9.17) is 9.72 Å². The summed E-state index contributed by atoms with van der Waals surface area (Å²) >= 11 is 0. The monoisotopic (exact) mass is 533 g/mol. The molecule has 3 heterocycles. The first-order chi connectivity index (χ1) is 19.8. The molecule has 0 unspecified atom stereocenters. The zero-order valence-corrected chi connectivity index (χ0v) is 24.6. The Bertz CT molecular complexity index is 1790.